The predicted octanol–water partition coefficient (Wildman–Crippen LogP) is 3.14. The van der Waals surface area contributed by atoms with Crippen LogP contribution in [0.25, 0.3) is 0 Å². The van der Waals surface area contributed by atoms with Crippen molar-refractivity contribution in [3.05, 3.63) is 21.4 Å². The highest BCUT2D eigenvalue weighted by Gasteiger charge is 2.23. The second kappa shape index (κ2) is 4.40. The molecule has 1 atom stereocenters. The van der Waals surface area contributed by atoms with Crippen molar-refractivity contribution in [3.63, 3.8) is 0 Å². The molecule has 3 nitrogen and oxygen atoms in total. The molecule has 0 aromatic heterocycles. The Morgan fingerprint density at radius 2 is 2.31 bits per heavy atom. The Kier molecular flexibility index (Phi) is 3.46. The van der Waals surface area contributed by atoms with Gasteiger partial charge in [-0.05, 0) is 25.2 Å². The van der Waals surface area contributed by atoms with E-state index in [4.69, 9.17) is 0 Å². The molecule has 0 bridgehead atoms. The first-order valence-corrected chi connectivity index (χ1v) is 5.03. The molecule has 1 aliphatic carbocycles. The van der Waals surface area contributed by atoms with Crippen LogP contribution in [0, 0.1) is 16.0 Å². The first kappa shape index (κ1) is 10.2. The fraction of sp³-hybridized carbons (Fsp3) is 0.800. The average molecular weight is 183 g/mol. The van der Waals surface area contributed by atoms with Crippen molar-refractivity contribution in [3.8, 4) is 0 Å². The van der Waals surface area contributed by atoms with Crippen LogP contribution in [0.3, 0.4) is 0 Å². The standard InChI is InChI=1S/C10H17NO2/c1-3-10(11(12)13)9-7-5-4-6-8(9)2/h8H,3-7H2,1-2H3/b10-9+. The lowest BCUT2D eigenvalue weighted by Crippen LogP contribution is -2.12. The Labute approximate surface area is 79.0 Å². The molecule has 0 saturated heterocycles. The maximum atomic E-state index is 10.7. The summed E-state index contributed by atoms with van der Waals surface area (Å²) in [6.07, 6.45) is 4.96. The van der Waals surface area contributed by atoms with Crippen LogP contribution in [0.1, 0.15) is 46.0 Å². The summed E-state index contributed by atoms with van der Waals surface area (Å²) in [6, 6.07) is 0. The summed E-state index contributed by atoms with van der Waals surface area (Å²) in [5, 5.41) is 10.7. The van der Waals surface area contributed by atoms with Crippen LogP contribution in [0.2, 0.25) is 0 Å². The van der Waals surface area contributed by atoms with Crippen LogP contribution in [0.15, 0.2) is 11.3 Å². The Bertz CT molecular complexity index is 233. The van der Waals surface area contributed by atoms with Gasteiger partial charge < -0.3 is 0 Å². The van der Waals surface area contributed by atoms with Gasteiger partial charge in [0.15, 0.2) is 0 Å². The predicted molar refractivity (Wildman–Crippen MR) is 51.9 cm³/mol. The molecule has 0 amide bonds. The normalized spacial score (nSPS) is 27.1. The molecule has 1 fully saturated rings. The molecule has 1 aliphatic rings. The highest BCUT2D eigenvalue weighted by atomic mass is 16.6. The van der Waals surface area contributed by atoms with E-state index in [1.54, 1.807) is 0 Å². The monoisotopic (exact) mass is 183 g/mol. The molecular weight excluding hydrogens is 166 g/mol. The van der Waals surface area contributed by atoms with Gasteiger partial charge in [-0.25, -0.2) is 0 Å². The summed E-state index contributed by atoms with van der Waals surface area (Å²) in [4.78, 5) is 10.5. The van der Waals surface area contributed by atoms with Crippen molar-refractivity contribution < 1.29 is 4.92 Å². The van der Waals surface area contributed by atoms with Crippen molar-refractivity contribution in [2.24, 2.45) is 5.92 Å². The molecule has 0 aromatic rings. The first-order valence-electron chi connectivity index (χ1n) is 5.03. The molecule has 3 heteroatoms. The van der Waals surface area contributed by atoms with Crippen molar-refractivity contribution in [2.75, 3.05) is 0 Å². The van der Waals surface area contributed by atoms with E-state index < -0.39 is 0 Å². The molecule has 74 valence electrons. The number of nitrogens with zero attached hydrogens (tertiary/aromatic N) is 1. The summed E-state index contributed by atoms with van der Waals surface area (Å²) < 4.78 is 0. The van der Waals surface area contributed by atoms with E-state index in [1.807, 2.05) is 6.92 Å². The van der Waals surface area contributed by atoms with Gasteiger partial charge in [0.05, 0.1) is 4.92 Å². The zero-order valence-corrected chi connectivity index (χ0v) is 8.38. The molecule has 0 aromatic carbocycles. The molecule has 0 aliphatic heterocycles. The van der Waals surface area contributed by atoms with Gasteiger partial charge in [-0.15, -0.1) is 0 Å². The Morgan fingerprint density at radius 3 is 2.77 bits per heavy atom. The maximum absolute atomic E-state index is 10.7. The third-order valence-corrected chi connectivity index (χ3v) is 2.85. The van der Waals surface area contributed by atoms with E-state index in [9.17, 15) is 10.1 Å². The highest BCUT2D eigenvalue weighted by molar-refractivity contribution is 5.12. The Hall–Kier alpha value is -0.860. The van der Waals surface area contributed by atoms with Gasteiger partial charge in [-0.3, -0.25) is 10.1 Å². The molecule has 0 N–H and O–H groups in total. The molecule has 0 heterocycles. The van der Waals surface area contributed by atoms with E-state index >= 15 is 0 Å². The lowest BCUT2D eigenvalue weighted by Gasteiger charge is -2.21. The third-order valence-electron chi connectivity index (χ3n) is 2.85. The van der Waals surface area contributed by atoms with E-state index in [0.717, 1.165) is 24.8 Å². The maximum Gasteiger partial charge on any atom is 0.245 e. The van der Waals surface area contributed by atoms with Gasteiger partial charge in [0.25, 0.3) is 0 Å². The quantitative estimate of drug-likeness (QED) is 0.487. The smallest absolute Gasteiger partial charge is 0.245 e. The summed E-state index contributed by atoms with van der Waals surface area (Å²) in [5.41, 5.74) is 1.56. The molecule has 0 spiro atoms. The van der Waals surface area contributed by atoms with Gasteiger partial charge in [0, 0.05) is 12.0 Å². The fourth-order valence-electron chi connectivity index (χ4n) is 2.09. The lowest BCUT2D eigenvalue weighted by atomic mass is 9.84. The Morgan fingerprint density at radius 1 is 1.62 bits per heavy atom. The van der Waals surface area contributed by atoms with Gasteiger partial charge in [0.1, 0.15) is 0 Å². The second-order valence-electron chi connectivity index (χ2n) is 3.73. The second-order valence-corrected chi connectivity index (χ2v) is 3.73. The third kappa shape index (κ3) is 2.29. The molecule has 1 saturated carbocycles. The minimum Gasteiger partial charge on any atom is -0.259 e. The molecular formula is C10H17NO2. The van der Waals surface area contributed by atoms with Crippen LogP contribution in [-0.4, -0.2) is 4.92 Å². The van der Waals surface area contributed by atoms with Crippen molar-refractivity contribution in [2.45, 2.75) is 46.0 Å². The van der Waals surface area contributed by atoms with E-state index in [1.165, 1.54) is 6.42 Å². The number of hydrogen-bond acceptors (Lipinski definition) is 2. The Balaban J connectivity index is 2.89. The summed E-state index contributed by atoms with van der Waals surface area (Å²) in [7, 11) is 0. The number of allylic oxidation sites excluding steroid dienone is 2. The SMILES string of the molecule is CC/C(=C1/CCCCC1C)[N+](=O)[O-]. The van der Waals surface area contributed by atoms with Gasteiger partial charge in [-0.2, -0.15) is 0 Å². The number of hydrogen-bond donors (Lipinski definition) is 0. The zero-order valence-electron chi connectivity index (χ0n) is 8.38. The van der Waals surface area contributed by atoms with E-state index in [0.29, 0.717) is 18.0 Å². The minimum absolute atomic E-state index is 0.197. The van der Waals surface area contributed by atoms with Crippen LogP contribution >= 0.6 is 0 Å². The average Bonchev–Trinajstić information content (AvgIpc) is 2.09. The first-order chi connectivity index (χ1) is 6.16. The minimum atomic E-state index is -0.197. The molecule has 1 unspecified atom stereocenters. The summed E-state index contributed by atoms with van der Waals surface area (Å²) in [5.74, 6) is 0.425. The summed E-state index contributed by atoms with van der Waals surface area (Å²) in [6.45, 7) is 3.97. The van der Waals surface area contributed by atoms with Crippen LogP contribution in [-0.2, 0) is 0 Å². The topological polar surface area (TPSA) is 43.1 Å². The molecule has 13 heavy (non-hydrogen) atoms. The van der Waals surface area contributed by atoms with Crippen LogP contribution in [0.5, 0.6) is 0 Å². The fourth-order valence-corrected chi connectivity index (χ4v) is 2.09. The summed E-state index contributed by atoms with van der Waals surface area (Å²) >= 11 is 0. The van der Waals surface area contributed by atoms with Crippen molar-refractivity contribution in [1.82, 2.24) is 0 Å². The van der Waals surface area contributed by atoms with Crippen molar-refractivity contribution >= 4 is 0 Å². The molecule has 0 radical (unpaired) electrons. The number of rotatable bonds is 2. The lowest BCUT2D eigenvalue weighted by molar-refractivity contribution is -0.429. The van der Waals surface area contributed by atoms with E-state index in [-0.39, 0.29) is 4.92 Å². The van der Waals surface area contributed by atoms with Gasteiger partial charge >= 0.3 is 0 Å². The highest BCUT2D eigenvalue weighted by Crippen LogP contribution is 2.32. The molecule has 1 rings (SSSR count). The zero-order chi connectivity index (χ0) is 9.84. The van der Waals surface area contributed by atoms with Crippen LogP contribution in [0.4, 0.5) is 0 Å². The van der Waals surface area contributed by atoms with Crippen molar-refractivity contribution in [1.29, 1.82) is 0 Å². The number of nitro groups is 1. The van der Waals surface area contributed by atoms with Gasteiger partial charge in [0.2, 0.25) is 5.70 Å². The van der Waals surface area contributed by atoms with Crippen LogP contribution < -0.4 is 0 Å². The van der Waals surface area contributed by atoms with E-state index in [2.05, 4.69) is 6.92 Å². The largest absolute Gasteiger partial charge is 0.259 e. The van der Waals surface area contributed by atoms with Gasteiger partial charge in [-0.1, -0.05) is 20.3 Å².